The second-order valence-electron chi connectivity index (χ2n) is 5.77. The number of oxazole rings is 1. The van der Waals surface area contributed by atoms with Crippen LogP contribution in [0.1, 0.15) is 17.0 Å². The molecular formula is C19H15N3O2. The van der Waals surface area contributed by atoms with Gasteiger partial charge in [-0.1, -0.05) is 6.07 Å². The fraction of sp³-hybridized carbons (Fsp3) is 0.158. The minimum absolute atomic E-state index is 0.128. The number of Topliss-reactive ketones (excluding diaryl/α,β-unsaturated/α-hetero) is 1. The van der Waals surface area contributed by atoms with E-state index in [1.165, 1.54) is 0 Å². The summed E-state index contributed by atoms with van der Waals surface area (Å²) in [4.78, 5) is 25.4. The zero-order chi connectivity index (χ0) is 16.5. The zero-order valence-corrected chi connectivity index (χ0v) is 13.2. The number of rotatable bonds is 4. The molecule has 0 fully saturated rings. The molecule has 0 saturated heterocycles. The van der Waals surface area contributed by atoms with Crippen LogP contribution in [0.3, 0.4) is 0 Å². The average molecular weight is 317 g/mol. The van der Waals surface area contributed by atoms with Gasteiger partial charge in [0.2, 0.25) is 0 Å². The molecule has 3 aromatic heterocycles. The minimum atomic E-state index is 0.128. The Morgan fingerprint density at radius 3 is 2.88 bits per heavy atom. The quantitative estimate of drug-likeness (QED) is 0.577. The highest BCUT2D eigenvalue weighted by molar-refractivity contribution is 5.88. The summed E-state index contributed by atoms with van der Waals surface area (Å²) >= 11 is 0. The van der Waals surface area contributed by atoms with Crippen LogP contribution >= 0.6 is 0 Å². The first-order chi connectivity index (χ1) is 11.7. The van der Waals surface area contributed by atoms with Crippen LogP contribution in [0.4, 0.5) is 0 Å². The summed E-state index contributed by atoms with van der Waals surface area (Å²) in [6.07, 6.45) is 4.13. The third-order valence-electron chi connectivity index (χ3n) is 3.93. The molecule has 1 aromatic carbocycles. The van der Waals surface area contributed by atoms with Crippen molar-refractivity contribution in [3.8, 4) is 0 Å². The molecule has 0 saturated carbocycles. The Morgan fingerprint density at radius 2 is 1.96 bits per heavy atom. The van der Waals surface area contributed by atoms with Crippen LogP contribution in [-0.4, -0.2) is 20.7 Å². The van der Waals surface area contributed by atoms with E-state index in [-0.39, 0.29) is 5.78 Å². The molecular weight excluding hydrogens is 302 g/mol. The molecule has 0 amide bonds. The summed E-state index contributed by atoms with van der Waals surface area (Å²) < 4.78 is 5.53. The molecule has 5 heteroatoms. The Hall–Kier alpha value is -3.08. The van der Waals surface area contributed by atoms with E-state index in [4.69, 9.17) is 4.42 Å². The molecule has 0 aliphatic rings. The summed E-state index contributed by atoms with van der Waals surface area (Å²) in [5.41, 5.74) is 4.95. The van der Waals surface area contributed by atoms with Crippen LogP contribution in [0, 0.1) is 6.92 Å². The number of carbonyl (C=O) groups is 1. The Balaban J connectivity index is 1.56. The van der Waals surface area contributed by atoms with Crippen LogP contribution < -0.4 is 0 Å². The molecule has 0 N–H and O–H groups in total. The van der Waals surface area contributed by atoms with Crippen molar-refractivity contribution >= 4 is 27.9 Å². The van der Waals surface area contributed by atoms with Gasteiger partial charge in [0.1, 0.15) is 11.3 Å². The molecule has 5 nitrogen and oxygen atoms in total. The van der Waals surface area contributed by atoms with Gasteiger partial charge in [-0.25, -0.2) is 4.98 Å². The fourth-order valence-corrected chi connectivity index (χ4v) is 2.87. The maximum absolute atomic E-state index is 12.5. The summed E-state index contributed by atoms with van der Waals surface area (Å²) in [6.45, 7) is 1.81. The minimum Gasteiger partial charge on any atom is -0.441 e. The molecule has 24 heavy (non-hydrogen) atoms. The van der Waals surface area contributed by atoms with Crippen molar-refractivity contribution in [3.05, 3.63) is 65.8 Å². The van der Waals surface area contributed by atoms with E-state index in [0.29, 0.717) is 24.3 Å². The third kappa shape index (κ3) is 2.76. The lowest BCUT2D eigenvalue weighted by molar-refractivity contribution is -0.117. The van der Waals surface area contributed by atoms with Gasteiger partial charge in [0.05, 0.1) is 11.0 Å². The first-order valence-electron chi connectivity index (χ1n) is 7.75. The van der Waals surface area contributed by atoms with Crippen molar-refractivity contribution in [1.29, 1.82) is 0 Å². The maximum Gasteiger partial charge on any atom is 0.192 e. The highest BCUT2D eigenvalue weighted by Gasteiger charge is 2.11. The van der Waals surface area contributed by atoms with Gasteiger partial charge < -0.3 is 4.42 Å². The van der Waals surface area contributed by atoms with Gasteiger partial charge in [-0.3, -0.25) is 14.8 Å². The summed E-state index contributed by atoms with van der Waals surface area (Å²) in [5.74, 6) is 0.756. The van der Waals surface area contributed by atoms with Crippen molar-refractivity contribution in [2.24, 2.45) is 0 Å². The summed E-state index contributed by atoms with van der Waals surface area (Å²) in [5, 5.41) is 0. The van der Waals surface area contributed by atoms with E-state index in [0.717, 1.165) is 27.7 Å². The van der Waals surface area contributed by atoms with Crippen molar-refractivity contribution < 1.29 is 9.21 Å². The maximum atomic E-state index is 12.5. The van der Waals surface area contributed by atoms with Gasteiger partial charge in [0, 0.05) is 32.2 Å². The monoisotopic (exact) mass is 317 g/mol. The molecule has 0 radical (unpaired) electrons. The Morgan fingerprint density at radius 1 is 1.04 bits per heavy atom. The third-order valence-corrected chi connectivity index (χ3v) is 3.93. The molecule has 0 aliphatic carbocycles. The predicted molar refractivity (Wildman–Crippen MR) is 90.7 cm³/mol. The number of fused-ring (bicyclic) bond motifs is 2. The number of nitrogens with zero attached hydrogens (tertiary/aromatic N) is 3. The molecule has 3 heterocycles. The van der Waals surface area contributed by atoms with Gasteiger partial charge in [0.25, 0.3) is 0 Å². The first-order valence-corrected chi connectivity index (χ1v) is 7.75. The number of hydrogen-bond donors (Lipinski definition) is 0. The Labute approximate surface area is 138 Å². The summed E-state index contributed by atoms with van der Waals surface area (Å²) in [6, 6.07) is 11.3. The van der Waals surface area contributed by atoms with E-state index in [9.17, 15) is 4.79 Å². The highest BCUT2D eigenvalue weighted by atomic mass is 16.3. The normalized spacial score (nSPS) is 11.2. The SMILES string of the molecule is Cc1nc2ccc(CC(=O)Cc3ccnc4cccnc34)cc2o1. The van der Waals surface area contributed by atoms with E-state index < -0.39 is 0 Å². The largest absolute Gasteiger partial charge is 0.441 e. The molecule has 0 spiro atoms. The lowest BCUT2D eigenvalue weighted by Gasteiger charge is -2.05. The number of hydrogen-bond acceptors (Lipinski definition) is 5. The number of ketones is 1. The number of pyridine rings is 2. The standard InChI is InChI=1S/C19H15N3O2/c1-12-22-16-5-4-13(10-18(16)24-12)9-15(23)11-14-6-8-20-17-3-2-7-21-19(14)17/h2-8,10H,9,11H2,1H3. The lowest BCUT2D eigenvalue weighted by atomic mass is 10.0. The first kappa shape index (κ1) is 14.5. The Kier molecular flexibility index (Phi) is 3.54. The van der Waals surface area contributed by atoms with E-state index in [1.54, 1.807) is 12.4 Å². The van der Waals surface area contributed by atoms with Gasteiger partial charge in [-0.05, 0) is 41.5 Å². The molecule has 0 unspecified atom stereocenters. The van der Waals surface area contributed by atoms with Crippen LogP contribution in [0.5, 0.6) is 0 Å². The second-order valence-corrected chi connectivity index (χ2v) is 5.77. The smallest absolute Gasteiger partial charge is 0.192 e. The molecule has 0 atom stereocenters. The van der Waals surface area contributed by atoms with Crippen molar-refractivity contribution in [2.75, 3.05) is 0 Å². The van der Waals surface area contributed by atoms with Gasteiger partial charge >= 0.3 is 0 Å². The number of carbonyl (C=O) groups excluding carboxylic acids is 1. The van der Waals surface area contributed by atoms with Gasteiger partial charge in [0.15, 0.2) is 11.5 Å². The van der Waals surface area contributed by atoms with Crippen molar-refractivity contribution in [3.63, 3.8) is 0 Å². The average Bonchev–Trinajstić information content (AvgIpc) is 2.94. The second kappa shape index (κ2) is 5.85. The van der Waals surface area contributed by atoms with E-state index in [2.05, 4.69) is 15.0 Å². The molecule has 118 valence electrons. The van der Waals surface area contributed by atoms with Crippen LogP contribution in [-0.2, 0) is 17.6 Å². The number of aryl methyl sites for hydroxylation is 1. The lowest BCUT2D eigenvalue weighted by Crippen LogP contribution is -2.07. The summed E-state index contributed by atoms with van der Waals surface area (Å²) in [7, 11) is 0. The van der Waals surface area contributed by atoms with Crippen molar-refractivity contribution in [2.45, 2.75) is 19.8 Å². The number of benzene rings is 1. The molecule has 0 aliphatic heterocycles. The van der Waals surface area contributed by atoms with E-state index >= 15 is 0 Å². The van der Waals surface area contributed by atoms with Gasteiger partial charge in [-0.2, -0.15) is 0 Å². The topological polar surface area (TPSA) is 68.9 Å². The van der Waals surface area contributed by atoms with Crippen LogP contribution in [0.15, 0.2) is 53.2 Å². The van der Waals surface area contributed by atoms with Gasteiger partial charge in [-0.15, -0.1) is 0 Å². The molecule has 4 rings (SSSR count). The van der Waals surface area contributed by atoms with Crippen molar-refractivity contribution in [1.82, 2.24) is 15.0 Å². The van der Waals surface area contributed by atoms with E-state index in [1.807, 2.05) is 43.3 Å². The highest BCUT2D eigenvalue weighted by Crippen LogP contribution is 2.19. The Bertz CT molecular complexity index is 1050. The number of aromatic nitrogens is 3. The van der Waals surface area contributed by atoms with Crippen LogP contribution in [0.2, 0.25) is 0 Å². The van der Waals surface area contributed by atoms with Crippen LogP contribution in [0.25, 0.3) is 22.1 Å². The molecule has 0 bridgehead atoms. The molecule has 4 aromatic rings. The predicted octanol–water partition coefficient (Wildman–Crippen LogP) is 3.43. The zero-order valence-electron chi connectivity index (χ0n) is 13.2. The fourth-order valence-electron chi connectivity index (χ4n) is 2.87.